The Labute approximate surface area is 121 Å². The molecule has 6 heteroatoms. The number of carbonyl (C=O) groups excluding carboxylic acids is 2. The van der Waals surface area contributed by atoms with E-state index in [0.717, 1.165) is 12.8 Å². The van der Waals surface area contributed by atoms with E-state index in [1.165, 1.54) is 6.20 Å². The van der Waals surface area contributed by atoms with Crippen LogP contribution in [-0.4, -0.2) is 34.0 Å². The van der Waals surface area contributed by atoms with Crippen molar-refractivity contribution in [2.75, 3.05) is 0 Å². The number of benzene rings is 1. The molecular weight excluding hydrogens is 270 g/mol. The smallest absolute Gasteiger partial charge is 0.359 e. The van der Waals surface area contributed by atoms with Crippen LogP contribution in [-0.2, 0) is 9.53 Å². The molecule has 0 aliphatic heterocycles. The van der Waals surface area contributed by atoms with Gasteiger partial charge in [-0.25, -0.2) is 9.78 Å². The van der Waals surface area contributed by atoms with Crippen molar-refractivity contribution in [3.05, 3.63) is 36.2 Å². The van der Waals surface area contributed by atoms with Crippen molar-refractivity contribution >= 4 is 22.9 Å². The molecule has 1 aliphatic carbocycles. The normalized spacial score (nSPS) is 15.5. The van der Waals surface area contributed by atoms with Gasteiger partial charge in [0.1, 0.15) is 0 Å². The summed E-state index contributed by atoms with van der Waals surface area (Å²) in [6, 6.07) is 7.47. The fourth-order valence-electron chi connectivity index (χ4n) is 1.88. The highest BCUT2D eigenvalue weighted by Gasteiger charge is 2.27. The van der Waals surface area contributed by atoms with Gasteiger partial charge in [-0.3, -0.25) is 9.78 Å². The molecule has 1 aromatic heterocycles. The number of aromatic nitrogens is 2. The van der Waals surface area contributed by atoms with Crippen LogP contribution in [0.2, 0.25) is 0 Å². The molecule has 1 amide bonds. The summed E-state index contributed by atoms with van der Waals surface area (Å²) in [5.41, 5.74) is 1.41. The van der Waals surface area contributed by atoms with Gasteiger partial charge in [-0.15, -0.1) is 0 Å². The van der Waals surface area contributed by atoms with Crippen molar-refractivity contribution in [1.29, 1.82) is 0 Å². The van der Waals surface area contributed by atoms with Crippen LogP contribution >= 0.6 is 0 Å². The van der Waals surface area contributed by atoms with Crippen molar-refractivity contribution < 1.29 is 14.3 Å². The molecule has 21 heavy (non-hydrogen) atoms. The zero-order valence-corrected chi connectivity index (χ0v) is 11.6. The topological polar surface area (TPSA) is 81.2 Å². The number of carbonyl (C=O) groups is 2. The maximum atomic E-state index is 12.0. The molecule has 1 N–H and O–H groups in total. The summed E-state index contributed by atoms with van der Waals surface area (Å²) < 4.78 is 5.12. The van der Waals surface area contributed by atoms with E-state index in [1.54, 1.807) is 13.0 Å². The Kier molecular flexibility index (Phi) is 3.51. The summed E-state index contributed by atoms with van der Waals surface area (Å²) in [7, 11) is 0. The van der Waals surface area contributed by atoms with Crippen LogP contribution in [0, 0.1) is 0 Å². The highest BCUT2D eigenvalue weighted by Crippen LogP contribution is 2.19. The van der Waals surface area contributed by atoms with E-state index >= 15 is 0 Å². The van der Waals surface area contributed by atoms with Gasteiger partial charge in [-0.2, -0.15) is 0 Å². The third kappa shape index (κ3) is 3.16. The Hall–Kier alpha value is -2.50. The molecule has 0 saturated heterocycles. The van der Waals surface area contributed by atoms with Crippen molar-refractivity contribution in [2.45, 2.75) is 31.9 Å². The summed E-state index contributed by atoms with van der Waals surface area (Å²) >= 11 is 0. The Balaban J connectivity index is 1.69. The minimum Gasteiger partial charge on any atom is -0.448 e. The first kappa shape index (κ1) is 13.5. The number of hydrogen-bond acceptors (Lipinski definition) is 5. The van der Waals surface area contributed by atoms with E-state index in [0.29, 0.717) is 11.0 Å². The number of nitrogens with zero attached hydrogens (tertiary/aromatic N) is 2. The molecule has 1 fully saturated rings. The zero-order chi connectivity index (χ0) is 14.8. The van der Waals surface area contributed by atoms with Gasteiger partial charge in [0.05, 0.1) is 17.2 Å². The second kappa shape index (κ2) is 5.47. The lowest BCUT2D eigenvalue weighted by Crippen LogP contribution is -2.37. The minimum absolute atomic E-state index is 0.0970. The molecule has 0 spiro atoms. The molecule has 1 atom stereocenters. The summed E-state index contributed by atoms with van der Waals surface area (Å²) in [6.07, 6.45) is 2.49. The first-order chi connectivity index (χ1) is 10.1. The average molecular weight is 285 g/mol. The second-order valence-electron chi connectivity index (χ2n) is 5.07. The first-order valence-electron chi connectivity index (χ1n) is 6.86. The maximum Gasteiger partial charge on any atom is 0.359 e. The number of hydrogen-bond donors (Lipinski definition) is 1. The molecule has 1 aliphatic rings. The zero-order valence-electron chi connectivity index (χ0n) is 11.6. The van der Waals surface area contributed by atoms with E-state index in [-0.39, 0.29) is 17.6 Å². The molecule has 2 aromatic rings. The lowest BCUT2D eigenvalue weighted by atomic mass is 10.3. The molecule has 108 valence electrons. The number of esters is 1. The quantitative estimate of drug-likeness (QED) is 0.860. The van der Waals surface area contributed by atoms with Gasteiger partial charge in [-0.05, 0) is 31.9 Å². The van der Waals surface area contributed by atoms with Crippen LogP contribution < -0.4 is 5.32 Å². The Morgan fingerprint density at radius 1 is 1.29 bits per heavy atom. The van der Waals surface area contributed by atoms with E-state index in [4.69, 9.17) is 4.74 Å². The molecule has 0 bridgehead atoms. The fraction of sp³-hybridized carbons (Fsp3) is 0.333. The van der Waals surface area contributed by atoms with Gasteiger partial charge in [0.25, 0.3) is 5.91 Å². The van der Waals surface area contributed by atoms with Crippen molar-refractivity contribution in [1.82, 2.24) is 15.3 Å². The van der Waals surface area contributed by atoms with Gasteiger partial charge in [0.2, 0.25) is 0 Å². The molecule has 1 heterocycles. The molecule has 1 saturated carbocycles. The Morgan fingerprint density at radius 3 is 2.71 bits per heavy atom. The van der Waals surface area contributed by atoms with Crippen LogP contribution in [0.1, 0.15) is 30.3 Å². The number of para-hydroxylation sites is 2. The SMILES string of the molecule is CC(OC(=O)c1cnc2ccccc2n1)C(=O)NC1CC1. The summed E-state index contributed by atoms with van der Waals surface area (Å²) in [5.74, 6) is -0.925. The molecular formula is C15H15N3O3. The van der Waals surface area contributed by atoms with Gasteiger partial charge in [0, 0.05) is 6.04 Å². The lowest BCUT2D eigenvalue weighted by Gasteiger charge is -2.12. The van der Waals surface area contributed by atoms with Gasteiger partial charge >= 0.3 is 5.97 Å². The predicted octanol–water partition coefficient (Wildman–Crippen LogP) is 1.45. The molecule has 0 radical (unpaired) electrons. The van der Waals surface area contributed by atoms with Crippen LogP contribution in [0.4, 0.5) is 0 Å². The number of fused-ring (bicyclic) bond motifs is 1. The summed E-state index contributed by atoms with van der Waals surface area (Å²) in [6.45, 7) is 1.55. The van der Waals surface area contributed by atoms with Crippen LogP contribution in [0.25, 0.3) is 11.0 Å². The highest BCUT2D eigenvalue weighted by atomic mass is 16.5. The summed E-state index contributed by atoms with van der Waals surface area (Å²) in [5, 5.41) is 2.79. The van der Waals surface area contributed by atoms with E-state index in [9.17, 15) is 9.59 Å². The predicted molar refractivity (Wildman–Crippen MR) is 75.6 cm³/mol. The van der Waals surface area contributed by atoms with Crippen molar-refractivity contribution in [2.24, 2.45) is 0 Å². The third-order valence-corrected chi connectivity index (χ3v) is 3.23. The Morgan fingerprint density at radius 2 is 2.00 bits per heavy atom. The number of rotatable bonds is 4. The molecule has 1 aromatic carbocycles. The van der Waals surface area contributed by atoms with E-state index < -0.39 is 12.1 Å². The van der Waals surface area contributed by atoms with Crippen molar-refractivity contribution in [3.63, 3.8) is 0 Å². The highest BCUT2D eigenvalue weighted by molar-refractivity contribution is 5.92. The maximum absolute atomic E-state index is 12.0. The van der Waals surface area contributed by atoms with Gasteiger partial charge < -0.3 is 10.1 Å². The summed E-state index contributed by atoms with van der Waals surface area (Å²) in [4.78, 5) is 32.1. The van der Waals surface area contributed by atoms with E-state index in [2.05, 4.69) is 15.3 Å². The Bertz CT molecular complexity index is 697. The van der Waals surface area contributed by atoms with Crippen LogP contribution in [0.5, 0.6) is 0 Å². The molecule has 1 unspecified atom stereocenters. The van der Waals surface area contributed by atoms with Crippen LogP contribution in [0.3, 0.4) is 0 Å². The largest absolute Gasteiger partial charge is 0.448 e. The number of nitrogens with one attached hydrogen (secondary N) is 1. The second-order valence-corrected chi connectivity index (χ2v) is 5.07. The molecule has 6 nitrogen and oxygen atoms in total. The van der Waals surface area contributed by atoms with Crippen molar-refractivity contribution in [3.8, 4) is 0 Å². The first-order valence-corrected chi connectivity index (χ1v) is 6.86. The van der Waals surface area contributed by atoms with Gasteiger partial charge in [0.15, 0.2) is 11.8 Å². The minimum atomic E-state index is -0.841. The van der Waals surface area contributed by atoms with Crippen LogP contribution in [0.15, 0.2) is 30.5 Å². The third-order valence-electron chi connectivity index (χ3n) is 3.23. The number of amides is 1. The lowest BCUT2D eigenvalue weighted by molar-refractivity contribution is -0.129. The average Bonchev–Trinajstić information content (AvgIpc) is 3.30. The standard InChI is InChI=1S/C15H15N3O3/c1-9(14(19)17-10-6-7-10)21-15(20)13-8-16-11-4-2-3-5-12(11)18-13/h2-5,8-10H,6-7H2,1H3,(H,17,19). The van der Waals surface area contributed by atoms with Gasteiger partial charge in [-0.1, -0.05) is 12.1 Å². The van der Waals surface area contributed by atoms with E-state index in [1.807, 2.05) is 18.2 Å². The molecule has 3 rings (SSSR count). The monoisotopic (exact) mass is 285 g/mol. The fourth-order valence-corrected chi connectivity index (χ4v) is 1.88. The number of ether oxygens (including phenoxy) is 1.